The molecule has 0 unspecified atom stereocenters. The van der Waals surface area contributed by atoms with Gasteiger partial charge in [0.05, 0.1) is 0 Å². The molecule has 108 valence electrons. The molecule has 2 N–H and O–H groups in total. The van der Waals surface area contributed by atoms with Crippen molar-refractivity contribution in [3.05, 3.63) is 65.4 Å². The summed E-state index contributed by atoms with van der Waals surface area (Å²) < 4.78 is 0. The van der Waals surface area contributed by atoms with Crippen molar-refractivity contribution in [2.24, 2.45) is 5.92 Å². The van der Waals surface area contributed by atoms with E-state index in [9.17, 15) is 10.2 Å². The molecular formula is C20H16O2. The summed E-state index contributed by atoms with van der Waals surface area (Å²) in [6.45, 7) is 0. The van der Waals surface area contributed by atoms with Crippen LogP contribution in [0.25, 0.3) is 27.3 Å². The number of fused-ring (bicyclic) bond motifs is 6. The third kappa shape index (κ3) is 1.40. The smallest absolute Gasteiger partial charge is 0.161 e. The minimum Gasteiger partial charge on any atom is -0.508 e. The highest BCUT2D eigenvalue weighted by atomic mass is 16.3. The van der Waals surface area contributed by atoms with E-state index in [4.69, 9.17) is 0 Å². The summed E-state index contributed by atoms with van der Waals surface area (Å²) >= 11 is 0. The summed E-state index contributed by atoms with van der Waals surface area (Å²) in [6, 6.07) is 16.8. The van der Waals surface area contributed by atoms with Gasteiger partial charge in [0, 0.05) is 11.5 Å². The molecule has 3 aromatic rings. The zero-order valence-corrected chi connectivity index (χ0v) is 12.1. The predicted octanol–water partition coefficient (Wildman–Crippen LogP) is 5.28. The van der Waals surface area contributed by atoms with Gasteiger partial charge >= 0.3 is 0 Å². The lowest BCUT2D eigenvalue weighted by Gasteiger charge is -2.41. The number of allylic oxidation sites excluding steroid dienone is 1. The van der Waals surface area contributed by atoms with Gasteiger partial charge in [-0.05, 0) is 58.0 Å². The van der Waals surface area contributed by atoms with Gasteiger partial charge in [-0.1, -0.05) is 36.4 Å². The van der Waals surface area contributed by atoms with Crippen LogP contribution in [0.3, 0.4) is 0 Å². The first kappa shape index (κ1) is 12.1. The van der Waals surface area contributed by atoms with E-state index < -0.39 is 0 Å². The van der Waals surface area contributed by atoms with E-state index in [1.54, 1.807) is 0 Å². The van der Waals surface area contributed by atoms with Crippen molar-refractivity contribution in [1.82, 2.24) is 0 Å². The van der Waals surface area contributed by atoms with E-state index >= 15 is 0 Å². The van der Waals surface area contributed by atoms with Gasteiger partial charge in [0.1, 0.15) is 5.76 Å². The molecule has 0 bridgehead atoms. The molecule has 2 heteroatoms. The Morgan fingerprint density at radius 1 is 0.773 bits per heavy atom. The van der Waals surface area contributed by atoms with E-state index in [0.717, 1.165) is 18.4 Å². The largest absolute Gasteiger partial charge is 0.508 e. The molecule has 2 aliphatic rings. The Labute approximate surface area is 128 Å². The molecule has 3 aromatic carbocycles. The van der Waals surface area contributed by atoms with Crippen LogP contribution in [0.15, 0.2) is 54.3 Å². The van der Waals surface area contributed by atoms with Crippen LogP contribution in [-0.4, -0.2) is 10.2 Å². The van der Waals surface area contributed by atoms with Gasteiger partial charge < -0.3 is 10.2 Å². The Balaban J connectivity index is 1.91. The average Bonchev–Trinajstić information content (AvgIpc) is 2.50. The third-order valence-corrected chi connectivity index (χ3v) is 5.42. The second kappa shape index (κ2) is 4.04. The summed E-state index contributed by atoms with van der Waals surface area (Å²) in [7, 11) is 0. The molecule has 0 amide bonds. The van der Waals surface area contributed by atoms with Crippen LogP contribution in [0.5, 0.6) is 0 Å². The summed E-state index contributed by atoms with van der Waals surface area (Å²) in [6.07, 6.45) is 2.05. The van der Waals surface area contributed by atoms with Gasteiger partial charge in [-0.3, -0.25) is 0 Å². The van der Waals surface area contributed by atoms with E-state index in [2.05, 4.69) is 36.4 Å². The molecule has 5 rings (SSSR count). The maximum Gasteiger partial charge on any atom is 0.161 e. The summed E-state index contributed by atoms with van der Waals surface area (Å²) in [5.41, 5.74) is 2.02. The standard InChI is InChI=1S/C20H16O2/c21-19-15-8-7-14(15)18-16(20(19)22)6-5-13-9-11-3-1-2-4-12(11)10-17(13)18/h1-6,9-10,14-15,21-22H,7-8H2/t14-,15+/m1/s1. The summed E-state index contributed by atoms with van der Waals surface area (Å²) in [4.78, 5) is 0. The predicted molar refractivity (Wildman–Crippen MR) is 89.1 cm³/mol. The van der Waals surface area contributed by atoms with Crippen LogP contribution < -0.4 is 0 Å². The monoisotopic (exact) mass is 288 g/mol. The van der Waals surface area contributed by atoms with Crippen molar-refractivity contribution in [2.75, 3.05) is 0 Å². The molecule has 2 aliphatic carbocycles. The van der Waals surface area contributed by atoms with Crippen LogP contribution in [0.2, 0.25) is 0 Å². The van der Waals surface area contributed by atoms with Gasteiger partial charge in [0.2, 0.25) is 0 Å². The van der Waals surface area contributed by atoms with E-state index in [1.165, 1.54) is 27.1 Å². The highest BCUT2D eigenvalue weighted by Crippen LogP contribution is 2.54. The minimum atomic E-state index is 0.0750. The molecule has 1 saturated carbocycles. The SMILES string of the molecule is OC1=C(O)[C@H]2CC[C@H]2c2c1ccc1cc3ccccc3cc21. The van der Waals surface area contributed by atoms with E-state index in [1.807, 2.05) is 12.1 Å². The normalized spacial score (nSPS) is 23.3. The number of hydrogen-bond acceptors (Lipinski definition) is 2. The molecule has 1 fully saturated rings. The van der Waals surface area contributed by atoms with Crippen LogP contribution in [0.4, 0.5) is 0 Å². The van der Waals surface area contributed by atoms with Gasteiger partial charge in [-0.15, -0.1) is 0 Å². The number of hydrogen-bond donors (Lipinski definition) is 2. The van der Waals surface area contributed by atoms with Crippen molar-refractivity contribution < 1.29 is 10.2 Å². The first-order chi connectivity index (χ1) is 10.7. The number of rotatable bonds is 0. The van der Waals surface area contributed by atoms with E-state index in [0.29, 0.717) is 5.92 Å². The van der Waals surface area contributed by atoms with Crippen LogP contribution in [-0.2, 0) is 0 Å². The third-order valence-electron chi connectivity index (χ3n) is 5.42. The molecule has 0 aromatic heterocycles. The lowest BCUT2D eigenvalue weighted by Crippen LogP contribution is -2.30. The zero-order chi connectivity index (χ0) is 14.8. The minimum absolute atomic E-state index is 0.0750. The molecule has 0 saturated heterocycles. The Bertz CT molecular complexity index is 968. The molecule has 0 spiro atoms. The topological polar surface area (TPSA) is 40.5 Å². The van der Waals surface area contributed by atoms with Crippen LogP contribution in [0, 0.1) is 5.92 Å². The van der Waals surface area contributed by atoms with Gasteiger partial charge in [-0.2, -0.15) is 0 Å². The average molecular weight is 288 g/mol. The van der Waals surface area contributed by atoms with Gasteiger partial charge in [-0.25, -0.2) is 0 Å². The number of benzene rings is 3. The van der Waals surface area contributed by atoms with Gasteiger partial charge in [0.25, 0.3) is 0 Å². The number of aliphatic hydroxyl groups is 2. The van der Waals surface area contributed by atoms with Crippen molar-refractivity contribution in [3.63, 3.8) is 0 Å². The van der Waals surface area contributed by atoms with Crippen LogP contribution in [0.1, 0.15) is 29.9 Å². The molecule has 0 radical (unpaired) electrons. The Hall–Kier alpha value is -2.48. The first-order valence-corrected chi connectivity index (χ1v) is 7.82. The lowest BCUT2D eigenvalue weighted by atomic mass is 9.63. The Morgan fingerprint density at radius 2 is 1.50 bits per heavy atom. The van der Waals surface area contributed by atoms with Crippen molar-refractivity contribution >= 4 is 27.3 Å². The van der Waals surface area contributed by atoms with Crippen molar-refractivity contribution in [1.29, 1.82) is 0 Å². The zero-order valence-electron chi connectivity index (χ0n) is 12.1. The highest BCUT2D eigenvalue weighted by molar-refractivity contribution is 6.01. The van der Waals surface area contributed by atoms with Crippen molar-refractivity contribution in [3.8, 4) is 0 Å². The molecule has 0 heterocycles. The molecule has 22 heavy (non-hydrogen) atoms. The molecule has 2 atom stereocenters. The molecule has 2 nitrogen and oxygen atoms in total. The van der Waals surface area contributed by atoms with Gasteiger partial charge in [0.15, 0.2) is 5.76 Å². The Morgan fingerprint density at radius 3 is 2.23 bits per heavy atom. The fraction of sp³-hybridized carbons (Fsp3) is 0.200. The fourth-order valence-corrected chi connectivity index (χ4v) is 4.13. The second-order valence-corrected chi connectivity index (χ2v) is 6.47. The maximum absolute atomic E-state index is 10.4. The fourth-order valence-electron chi connectivity index (χ4n) is 4.13. The maximum atomic E-state index is 10.4. The first-order valence-electron chi connectivity index (χ1n) is 7.82. The highest BCUT2D eigenvalue weighted by Gasteiger charge is 2.42. The second-order valence-electron chi connectivity index (χ2n) is 6.47. The lowest BCUT2D eigenvalue weighted by molar-refractivity contribution is 0.196. The molecule has 0 aliphatic heterocycles. The Kier molecular flexibility index (Phi) is 2.22. The summed E-state index contributed by atoms with van der Waals surface area (Å²) in [5, 5.41) is 25.4. The molecular weight excluding hydrogens is 272 g/mol. The summed E-state index contributed by atoms with van der Waals surface area (Å²) in [5.74, 6) is 0.704. The van der Waals surface area contributed by atoms with E-state index in [-0.39, 0.29) is 17.4 Å². The number of aliphatic hydroxyl groups excluding tert-OH is 2. The van der Waals surface area contributed by atoms with Crippen LogP contribution >= 0.6 is 0 Å². The quantitative estimate of drug-likeness (QED) is 0.552. The van der Waals surface area contributed by atoms with Crippen molar-refractivity contribution in [2.45, 2.75) is 18.8 Å².